The number of nitrogens with zero attached hydrogens (tertiary/aromatic N) is 1. The summed E-state index contributed by atoms with van der Waals surface area (Å²) < 4.78 is 25.5. The molecule has 2 unspecified atom stereocenters. The Morgan fingerprint density at radius 1 is 0.909 bits per heavy atom. The third kappa shape index (κ3) is 6.65. The maximum Gasteiger partial charge on any atom is 0.307 e. The van der Waals surface area contributed by atoms with E-state index in [0.29, 0.717) is 25.3 Å². The Balaban J connectivity index is 2.05. The zero-order valence-electron chi connectivity index (χ0n) is 19.5. The van der Waals surface area contributed by atoms with Gasteiger partial charge in [0, 0.05) is 18.6 Å². The van der Waals surface area contributed by atoms with Crippen LogP contribution >= 0.6 is 0 Å². The van der Waals surface area contributed by atoms with Crippen LogP contribution in [0.25, 0.3) is 0 Å². The van der Waals surface area contributed by atoms with E-state index in [0.717, 1.165) is 11.1 Å². The predicted octanol–water partition coefficient (Wildman–Crippen LogP) is 6.48. The van der Waals surface area contributed by atoms with E-state index in [1.807, 2.05) is 49.4 Å². The number of carbonyl (C=O) groups excluding carboxylic acids is 1. The molecule has 0 spiro atoms. The zero-order valence-corrected chi connectivity index (χ0v) is 19.5. The summed E-state index contributed by atoms with van der Waals surface area (Å²) in [5.41, 5.74) is 2.94. The fraction of sp³-hybridized carbons (Fsp3) is 0.321. The second-order valence-corrected chi connectivity index (χ2v) is 7.89. The maximum atomic E-state index is 14.8. The first-order chi connectivity index (χ1) is 16.0. The van der Waals surface area contributed by atoms with Crippen molar-refractivity contribution in [3.8, 4) is 5.75 Å². The average molecular weight is 450 g/mol. The second-order valence-electron chi connectivity index (χ2n) is 7.89. The third-order valence-corrected chi connectivity index (χ3v) is 5.69. The van der Waals surface area contributed by atoms with Crippen molar-refractivity contribution in [3.63, 3.8) is 0 Å². The number of hydrogen-bond donors (Lipinski definition) is 0. The van der Waals surface area contributed by atoms with Gasteiger partial charge < -0.3 is 9.47 Å². The molecule has 0 aromatic heterocycles. The number of benzene rings is 3. The van der Waals surface area contributed by atoms with E-state index in [-0.39, 0.29) is 30.2 Å². The van der Waals surface area contributed by atoms with Crippen LogP contribution in [0, 0.1) is 5.82 Å². The van der Waals surface area contributed by atoms with Gasteiger partial charge in [-0.25, -0.2) is 4.39 Å². The SMILES string of the molecule is CCOC(=O)CC(c1ccc(OCC)c(F)c1)N(Cc1ccccc1)C(C)c1ccccc1. The van der Waals surface area contributed by atoms with Crippen molar-refractivity contribution < 1.29 is 18.7 Å². The van der Waals surface area contributed by atoms with Crippen LogP contribution in [0.1, 0.15) is 56.0 Å². The molecular weight excluding hydrogens is 417 g/mol. The summed E-state index contributed by atoms with van der Waals surface area (Å²) >= 11 is 0. The van der Waals surface area contributed by atoms with Crippen LogP contribution in [0.4, 0.5) is 4.39 Å². The Morgan fingerprint density at radius 3 is 2.18 bits per heavy atom. The van der Waals surface area contributed by atoms with Gasteiger partial charge in [0.2, 0.25) is 0 Å². The molecule has 3 aromatic carbocycles. The van der Waals surface area contributed by atoms with Gasteiger partial charge in [-0.15, -0.1) is 0 Å². The second kappa shape index (κ2) is 12.2. The molecular formula is C28H32FNO3. The van der Waals surface area contributed by atoms with Crippen molar-refractivity contribution in [1.29, 1.82) is 0 Å². The summed E-state index contributed by atoms with van der Waals surface area (Å²) in [5, 5.41) is 0. The first-order valence-electron chi connectivity index (χ1n) is 11.5. The average Bonchev–Trinajstić information content (AvgIpc) is 2.84. The number of halogens is 1. The smallest absolute Gasteiger partial charge is 0.307 e. The molecule has 0 saturated heterocycles. The fourth-order valence-electron chi connectivity index (χ4n) is 4.04. The molecule has 0 saturated carbocycles. The van der Waals surface area contributed by atoms with Crippen molar-refractivity contribution in [2.45, 2.75) is 45.8 Å². The minimum Gasteiger partial charge on any atom is -0.491 e. The van der Waals surface area contributed by atoms with Crippen molar-refractivity contribution in [2.24, 2.45) is 0 Å². The summed E-state index contributed by atoms with van der Waals surface area (Å²) in [6, 6.07) is 24.8. The molecule has 4 nitrogen and oxygen atoms in total. The minimum atomic E-state index is -0.435. The molecule has 3 rings (SSSR count). The molecule has 0 aliphatic carbocycles. The molecule has 3 aromatic rings. The van der Waals surface area contributed by atoms with Gasteiger partial charge in [0.05, 0.1) is 19.6 Å². The van der Waals surface area contributed by atoms with E-state index < -0.39 is 5.82 Å². The molecule has 0 fully saturated rings. The lowest BCUT2D eigenvalue weighted by Gasteiger charge is -2.37. The first kappa shape index (κ1) is 24.5. The molecule has 0 amide bonds. The van der Waals surface area contributed by atoms with Gasteiger partial charge in [-0.1, -0.05) is 66.7 Å². The van der Waals surface area contributed by atoms with Crippen molar-refractivity contribution >= 4 is 5.97 Å². The molecule has 0 bridgehead atoms. The lowest BCUT2D eigenvalue weighted by Crippen LogP contribution is -2.33. The summed E-state index contributed by atoms with van der Waals surface area (Å²) in [6.07, 6.45) is 0.116. The Kier molecular flexibility index (Phi) is 9.02. The lowest BCUT2D eigenvalue weighted by atomic mass is 9.96. The van der Waals surface area contributed by atoms with Crippen molar-refractivity contribution in [2.75, 3.05) is 13.2 Å². The molecule has 33 heavy (non-hydrogen) atoms. The van der Waals surface area contributed by atoms with Gasteiger partial charge in [0.15, 0.2) is 11.6 Å². The van der Waals surface area contributed by atoms with Crippen LogP contribution < -0.4 is 4.74 Å². The first-order valence-corrected chi connectivity index (χ1v) is 11.5. The molecule has 5 heteroatoms. The highest BCUT2D eigenvalue weighted by Gasteiger charge is 2.29. The van der Waals surface area contributed by atoms with Crippen LogP contribution in [0.15, 0.2) is 78.9 Å². The maximum absolute atomic E-state index is 14.8. The quantitative estimate of drug-likeness (QED) is 0.314. The van der Waals surface area contributed by atoms with Gasteiger partial charge >= 0.3 is 5.97 Å². The normalized spacial score (nSPS) is 12.9. The standard InChI is InChI=1S/C28H32FNO3/c1-4-32-27-17-16-24(18-25(27)29)26(19-28(31)33-5-2)30(20-22-12-8-6-9-13-22)21(3)23-14-10-7-11-15-23/h6-18,21,26H,4-5,19-20H2,1-3H3. The highest BCUT2D eigenvalue weighted by molar-refractivity contribution is 5.70. The topological polar surface area (TPSA) is 38.8 Å². The van der Waals surface area contributed by atoms with Crippen LogP contribution in [0.3, 0.4) is 0 Å². The van der Waals surface area contributed by atoms with Crippen LogP contribution in [-0.4, -0.2) is 24.1 Å². The van der Waals surface area contributed by atoms with E-state index in [2.05, 4.69) is 36.1 Å². The number of ether oxygens (including phenoxy) is 2. The van der Waals surface area contributed by atoms with E-state index in [1.165, 1.54) is 6.07 Å². The van der Waals surface area contributed by atoms with Gasteiger partial charge in [-0.3, -0.25) is 9.69 Å². The Morgan fingerprint density at radius 2 is 1.58 bits per heavy atom. The highest BCUT2D eigenvalue weighted by atomic mass is 19.1. The van der Waals surface area contributed by atoms with E-state index >= 15 is 0 Å². The Labute approximate surface area is 196 Å². The van der Waals surface area contributed by atoms with Crippen molar-refractivity contribution in [1.82, 2.24) is 4.90 Å². The van der Waals surface area contributed by atoms with Gasteiger partial charge in [-0.2, -0.15) is 0 Å². The summed E-state index contributed by atoms with van der Waals surface area (Å²) in [7, 11) is 0. The molecule has 0 N–H and O–H groups in total. The van der Waals surface area contributed by atoms with E-state index in [4.69, 9.17) is 9.47 Å². The fourth-order valence-corrected chi connectivity index (χ4v) is 4.04. The third-order valence-electron chi connectivity index (χ3n) is 5.69. The lowest BCUT2D eigenvalue weighted by molar-refractivity contribution is -0.145. The van der Waals surface area contributed by atoms with E-state index in [9.17, 15) is 9.18 Å². The zero-order chi connectivity index (χ0) is 23.6. The Bertz CT molecular complexity index is 1010. The Hall–Kier alpha value is -3.18. The van der Waals surface area contributed by atoms with Gasteiger partial charge in [-0.05, 0) is 49.6 Å². The largest absolute Gasteiger partial charge is 0.491 e. The molecule has 0 radical (unpaired) electrons. The monoisotopic (exact) mass is 449 g/mol. The van der Waals surface area contributed by atoms with Crippen LogP contribution in [0.5, 0.6) is 5.75 Å². The highest BCUT2D eigenvalue weighted by Crippen LogP contribution is 2.36. The summed E-state index contributed by atoms with van der Waals surface area (Å²) in [6.45, 7) is 7.00. The predicted molar refractivity (Wildman–Crippen MR) is 128 cm³/mol. The van der Waals surface area contributed by atoms with Crippen LogP contribution in [-0.2, 0) is 16.1 Å². The molecule has 0 heterocycles. The van der Waals surface area contributed by atoms with E-state index in [1.54, 1.807) is 13.0 Å². The minimum absolute atomic E-state index is 0.0273. The number of rotatable bonds is 11. The molecule has 0 aliphatic rings. The number of esters is 1. The van der Waals surface area contributed by atoms with Gasteiger partial charge in [0.25, 0.3) is 0 Å². The summed E-state index contributed by atoms with van der Waals surface area (Å²) in [4.78, 5) is 14.9. The number of hydrogen-bond acceptors (Lipinski definition) is 4. The molecule has 174 valence electrons. The molecule has 0 aliphatic heterocycles. The van der Waals surface area contributed by atoms with Crippen molar-refractivity contribution in [3.05, 3.63) is 101 Å². The molecule has 2 atom stereocenters. The summed E-state index contributed by atoms with van der Waals surface area (Å²) in [5.74, 6) is -0.535. The van der Waals surface area contributed by atoms with Gasteiger partial charge in [0.1, 0.15) is 0 Å². The number of carbonyl (C=O) groups is 1. The van der Waals surface area contributed by atoms with Crippen LogP contribution in [0.2, 0.25) is 0 Å².